The van der Waals surface area contributed by atoms with Crippen molar-refractivity contribution in [3.63, 3.8) is 0 Å². The van der Waals surface area contributed by atoms with E-state index in [1.54, 1.807) is 0 Å². The van der Waals surface area contributed by atoms with Gasteiger partial charge in [0.05, 0.1) is 0 Å². The average molecular weight is 191 g/mol. The molecule has 2 N–H and O–H groups in total. The van der Waals surface area contributed by atoms with E-state index >= 15 is 0 Å². The van der Waals surface area contributed by atoms with Gasteiger partial charge in [-0.25, -0.2) is 8.78 Å². The maximum Gasteiger partial charge on any atom is 0.321 e. The Kier molecular flexibility index (Phi) is 1.80. The van der Waals surface area contributed by atoms with Crippen LogP contribution in [0.5, 0.6) is 0 Å². The SMILES string of the molecule is O=C(O)[C@H]1N[C@H]2CC[C@@H]1C(F)(F)C2. The minimum absolute atomic E-state index is 0.207. The molecule has 74 valence electrons. The first-order valence-corrected chi connectivity index (χ1v) is 4.37. The molecule has 0 amide bonds. The number of carboxylic acids is 1. The van der Waals surface area contributed by atoms with Gasteiger partial charge in [-0.15, -0.1) is 0 Å². The Bertz CT molecular complexity index is 244. The molecule has 13 heavy (non-hydrogen) atoms. The molecule has 0 aromatic rings. The summed E-state index contributed by atoms with van der Waals surface area (Å²) in [5.41, 5.74) is 0. The summed E-state index contributed by atoms with van der Waals surface area (Å²) < 4.78 is 26.4. The van der Waals surface area contributed by atoms with Crippen LogP contribution in [0.3, 0.4) is 0 Å². The van der Waals surface area contributed by atoms with Crippen molar-refractivity contribution in [2.45, 2.75) is 37.3 Å². The summed E-state index contributed by atoms with van der Waals surface area (Å²) in [6.07, 6.45) is 0.785. The van der Waals surface area contributed by atoms with Crippen LogP contribution in [-0.4, -0.2) is 29.1 Å². The number of fused-ring (bicyclic) bond motifs is 3. The van der Waals surface area contributed by atoms with Gasteiger partial charge >= 0.3 is 5.97 Å². The smallest absolute Gasteiger partial charge is 0.321 e. The zero-order valence-electron chi connectivity index (χ0n) is 6.96. The number of carbonyl (C=O) groups is 1. The van der Waals surface area contributed by atoms with Crippen molar-refractivity contribution < 1.29 is 18.7 Å². The van der Waals surface area contributed by atoms with Crippen molar-refractivity contribution in [3.05, 3.63) is 0 Å². The number of alkyl halides is 2. The lowest BCUT2D eigenvalue weighted by Gasteiger charge is -2.46. The van der Waals surface area contributed by atoms with Crippen molar-refractivity contribution in [1.82, 2.24) is 5.32 Å². The molecule has 3 atom stereocenters. The highest BCUT2D eigenvalue weighted by Crippen LogP contribution is 2.44. The van der Waals surface area contributed by atoms with Crippen LogP contribution in [0.15, 0.2) is 0 Å². The van der Waals surface area contributed by atoms with Crippen LogP contribution in [0.2, 0.25) is 0 Å². The highest BCUT2D eigenvalue weighted by Gasteiger charge is 2.55. The van der Waals surface area contributed by atoms with Crippen LogP contribution < -0.4 is 5.32 Å². The molecule has 0 spiro atoms. The first-order valence-electron chi connectivity index (χ1n) is 4.37. The quantitative estimate of drug-likeness (QED) is 0.646. The molecule has 1 aliphatic carbocycles. The third-order valence-electron chi connectivity index (χ3n) is 2.97. The lowest BCUT2D eigenvalue weighted by atomic mass is 9.73. The highest BCUT2D eigenvalue weighted by atomic mass is 19.3. The third kappa shape index (κ3) is 1.31. The van der Waals surface area contributed by atoms with Crippen molar-refractivity contribution >= 4 is 5.97 Å². The molecule has 3 fully saturated rings. The molecule has 2 saturated heterocycles. The fraction of sp³-hybridized carbons (Fsp3) is 0.875. The molecule has 2 bridgehead atoms. The summed E-state index contributed by atoms with van der Waals surface area (Å²) >= 11 is 0. The fourth-order valence-corrected chi connectivity index (χ4v) is 2.34. The van der Waals surface area contributed by atoms with E-state index in [1.807, 2.05) is 0 Å². The van der Waals surface area contributed by atoms with Gasteiger partial charge in [-0.1, -0.05) is 0 Å². The van der Waals surface area contributed by atoms with Gasteiger partial charge in [-0.05, 0) is 12.8 Å². The summed E-state index contributed by atoms with van der Waals surface area (Å²) in [4.78, 5) is 10.6. The van der Waals surface area contributed by atoms with E-state index in [2.05, 4.69) is 5.32 Å². The van der Waals surface area contributed by atoms with E-state index in [-0.39, 0.29) is 12.5 Å². The maximum absolute atomic E-state index is 13.2. The number of piperidine rings is 2. The van der Waals surface area contributed by atoms with Crippen LogP contribution in [0.1, 0.15) is 19.3 Å². The number of carboxylic acid groups (broad SMARTS) is 1. The number of hydrogen-bond acceptors (Lipinski definition) is 2. The lowest BCUT2D eigenvalue weighted by molar-refractivity contribution is -0.165. The summed E-state index contributed by atoms with van der Waals surface area (Å²) in [5, 5.41) is 11.4. The first kappa shape index (κ1) is 8.87. The first-order chi connectivity index (χ1) is 6.00. The second-order valence-electron chi connectivity index (χ2n) is 3.83. The molecule has 0 aromatic carbocycles. The van der Waals surface area contributed by atoms with Gasteiger partial charge in [0.1, 0.15) is 6.04 Å². The summed E-state index contributed by atoms with van der Waals surface area (Å²) in [6.45, 7) is 0. The zero-order valence-corrected chi connectivity index (χ0v) is 6.96. The standard InChI is InChI=1S/C8H11F2NO2/c9-8(10)3-4-1-2-5(8)6(11-4)7(12)13/h4-6,11H,1-3H2,(H,12,13)/t4-,5-,6-/m0/s1. The number of aliphatic carboxylic acids is 1. The van der Waals surface area contributed by atoms with Gasteiger partial charge in [0, 0.05) is 18.4 Å². The minimum atomic E-state index is -2.79. The molecule has 3 rings (SSSR count). The second kappa shape index (κ2) is 2.64. The van der Waals surface area contributed by atoms with E-state index in [9.17, 15) is 13.6 Å². The number of hydrogen-bond donors (Lipinski definition) is 2. The second-order valence-corrected chi connectivity index (χ2v) is 3.83. The van der Waals surface area contributed by atoms with Crippen LogP contribution in [-0.2, 0) is 4.79 Å². The van der Waals surface area contributed by atoms with Crippen molar-refractivity contribution in [2.24, 2.45) is 5.92 Å². The Morgan fingerprint density at radius 1 is 1.46 bits per heavy atom. The largest absolute Gasteiger partial charge is 0.480 e. The highest BCUT2D eigenvalue weighted by molar-refractivity contribution is 5.74. The van der Waals surface area contributed by atoms with Crippen molar-refractivity contribution in [3.8, 4) is 0 Å². The fourth-order valence-electron chi connectivity index (χ4n) is 2.34. The van der Waals surface area contributed by atoms with Gasteiger partial charge in [-0.3, -0.25) is 4.79 Å². The maximum atomic E-state index is 13.2. The summed E-state index contributed by atoms with van der Waals surface area (Å²) in [5.74, 6) is -4.97. The molecule has 3 aliphatic rings. The van der Waals surface area contributed by atoms with Gasteiger partial charge < -0.3 is 10.4 Å². The Morgan fingerprint density at radius 3 is 2.54 bits per heavy atom. The lowest BCUT2D eigenvalue weighted by Crippen LogP contribution is -2.63. The molecule has 0 radical (unpaired) electrons. The minimum Gasteiger partial charge on any atom is -0.480 e. The van der Waals surface area contributed by atoms with E-state index in [0.717, 1.165) is 0 Å². The number of nitrogens with one attached hydrogen (secondary N) is 1. The molecule has 3 nitrogen and oxygen atoms in total. The topological polar surface area (TPSA) is 49.3 Å². The molecular weight excluding hydrogens is 180 g/mol. The van der Waals surface area contributed by atoms with Crippen LogP contribution in [0.25, 0.3) is 0 Å². The van der Waals surface area contributed by atoms with Gasteiger partial charge in [0.15, 0.2) is 0 Å². The van der Waals surface area contributed by atoms with Crippen LogP contribution in [0.4, 0.5) is 8.78 Å². The normalized spacial score (nSPS) is 41.8. The number of rotatable bonds is 1. The molecule has 2 heterocycles. The predicted octanol–water partition coefficient (Wildman–Crippen LogP) is 0.847. The van der Waals surface area contributed by atoms with Crippen LogP contribution in [0, 0.1) is 5.92 Å². The number of halogens is 2. The molecular formula is C8H11F2NO2. The molecule has 2 aliphatic heterocycles. The Morgan fingerprint density at radius 2 is 2.15 bits per heavy atom. The van der Waals surface area contributed by atoms with Crippen molar-refractivity contribution in [2.75, 3.05) is 0 Å². The zero-order chi connectivity index (χ0) is 9.64. The Hall–Kier alpha value is -0.710. The monoisotopic (exact) mass is 191 g/mol. The van der Waals surface area contributed by atoms with Gasteiger partial charge in [-0.2, -0.15) is 0 Å². The molecule has 1 saturated carbocycles. The molecule has 0 unspecified atom stereocenters. The average Bonchev–Trinajstić information content (AvgIpc) is 2.02. The predicted molar refractivity (Wildman–Crippen MR) is 40.6 cm³/mol. The van der Waals surface area contributed by atoms with Gasteiger partial charge in [0.2, 0.25) is 0 Å². The van der Waals surface area contributed by atoms with E-state index < -0.39 is 23.9 Å². The van der Waals surface area contributed by atoms with E-state index in [0.29, 0.717) is 12.8 Å². The Balaban J connectivity index is 2.22. The van der Waals surface area contributed by atoms with E-state index in [4.69, 9.17) is 5.11 Å². The van der Waals surface area contributed by atoms with Crippen LogP contribution >= 0.6 is 0 Å². The molecule has 5 heteroatoms. The Labute approximate surface area is 74.1 Å². The third-order valence-corrected chi connectivity index (χ3v) is 2.97. The molecule has 0 aromatic heterocycles. The van der Waals surface area contributed by atoms with Crippen molar-refractivity contribution in [1.29, 1.82) is 0 Å². The summed E-state index contributed by atoms with van der Waals surface area (Å²) in [6, 6.07) is -1.37. The summed E-state index contributed by atoms with van der Waals surface area (Å²) in [7, 11) is 0. The van der Waals surface area contributed by atoms with E-state index in [1.165, 1.54) is 0 Å². The van der Waals surface area contributed by atoms with Gasteiger partial charge in [0.25, 0.3) is 5.92 Å².